The average molecular weight is 805 g/mol. The van der Waals surface area contributed by atoms with Crippen molar-refractivity contribution in [1.82, 2.24) is 5.01 Å². The number of amides is 1. The number of carboxylic acid groups (broad SMARTS) is 1. The molecule has 3 aromatic carbocycles. The van der Waals surface area contributed by atoms with Gasteiger partial charge in [0.25, 0.3) is 0 Å². The van der Waals surface area contributed by atoms with Gasteiger partial charge < -0.3 is 53.6 Å². The highest BCUT2D eigenvalue weighted by Crippen LogP contribution is 2.30. The number of carbonyl (C=O) groups excluding carboxylic acids is 4. The predicted molar refractivity (Wildman–Crippen MR) is 204 cm³/mol. The molecule has 18 nitrogen and oxygen atoms in total. The zero-order valence-electron chi connectivity index (χ0n) is 32.7. The Morgan fingerprint density at radius 2 is 0.947 bits per heavy atom. The maximum atomic E-state index is 12.0. The summed E-state index contributed by atoms with van der Waals surface area (Å²) in [5.41, 5.74) is 0.992. The van der Waals surface area contributed by atoms with E-state index in [0.717, 1.165) is 5.01 Å². The van der Waals surface area contributed by atoms with Gasteiger partial charge in [0.15, 0.2) is 46.1 Å². The zero-order valence-corrected chi connectivity index (χ0v) is 32.7. The SMILES string of the molecule is CCOC(=O)CCC(=O)c1ccc(OCCO)c(OC)c1.COc1cc(C(=O)CCC(=O)N(C)N)ccc1OCCO.COc1cc(C(=O)O)ccc1OCCO. The number of ketones is 2. The molecule has 6 N–H and O–H groups in total. The van der Waals surface area contributed by atoms with Crippen LogP contribution in [0.1, 0.15) is 63.7 Å². The molecule has 1 amide bonds. The van der Waals surface area contributed by atoms with Gasteiger partial charge in [-0.05, 0) is 61.5 Å². The summed E-state index contributed by atoms with van der Waals surface area (Å²) in [7, 11) is 5.78. The van der Waals surface area contributed by atoms with Crippen molar-refractivity contribution in [1.29, 1.82) is 0 Å². The molecule has 0 saturated carbocycles. The summed E-state index contributed by atoms with van der Waals surface area (Å²) in [5.74, 6) is 5.67. The second-order valence-electron chi connectivity index (χ2n) is 11.3. The fraction of sp³-hybridized carbons (Fsp3) is 0.410. The molecule has 3 rings (SSSR count). The number of aliphatic hydroxyl groups is 3. The van der Waals surface area contributed by atoms with Crippen LogP contribution in [0.15, 0.2) is 54.6 Å². The Labute approximate surface area is 330 Å². The van der Waals surface area contributed by atoms with Crippen molar-refractivity contribution in [3.8, 4) is 34.5 Å². The van der Waals surface area contributed by atoms with Gasteiger partial charge in [0.2, 0.25) is 5.91 Å². The van der Waals surface area contributed by atoms with Gasteiger partial charge in [0.05, 0.1) is 59.7 Å². The Hall–Kier alpha value is -5.95. The zero-order chi connectivity index (χ0) is 42.8. The molecule has 0 heterocycles. The van der Waals surface area contributed by atoms with E-state index in [4.69, 9.17) is 59.4 Å². The van der Waals surface area contributed by atoms with E-state index in [1.165, 1.54) is 46.6 Å². The van der Waals surface area contributed by atoms with Crippen molar-refractivity contribution in [3.05, 3.63) is 71.3 Å². The third kappa shape index (κ3) is 18.0. The number of hydrogen-bond donors (Lipinski definition) is 5. The smallest absolute Gasteiger partial charge is 0.335 e. The van der Waals surface area contributed by atoms with Crippen LogP contribution in [0, 0.1) is 0 Å². The van der Waals surface area contributed by atoms with Gasteiger partial charge in [-0.15, -0.1) is 0 Å². The number of benzene rings is 3. The topological polar surface area (TPSA) is 260 Å². The van der Waals surface area contributed by atoms with Gasteiger partial charge in [-0.3, -0.25) is 24.2 Å². The monoisotopic (exact) mass is 804 g/mol. The maximum Gasteiger partial charge on any atom is 0.335 e. The lowest BCUT2D eigenvalue weighted by Crippen LogP contribution is -2.33. The highest BCUT2D eigenvalue weighted by Gasteiger charge is 2.15. The van der Waals surface area contributed by atoms with Gasteiger partial charge in [-0.1, -0.05) is 0 Å². The van der Waals surface area contributed by atoms with Gasteiger partial charge in [0, 0.05) is 37.4 Å². The van der Waals surface area contributed by atoms with Crippen molar-refractivity contribution in [3.63, 3.8) is 0 Å². The summed E-state index contributed by atoms with van der Waals surface area (Å²) in [6, 6.07) is 13.8. The first-order valence-electron chi connectivity index (χ1n) is 17.5. The van der Waals surface area contributed by atoms with Crippen LogP contribution >= 0.6 is 0 Å². The Bertz CT molecular complexity index is 1730. The van der Waals surface area contributed by atoms with Crippen molar-refractivity contribution < 1.29 is 77.6 Å². The molecule has 0 saturated heterocycles. The molecule has 57 heavy (non-hydrogen) atoms. The Morgan fingerprint density at radius 1 is 0.579 bits per heavy atom. The number of hydrogen-bond acceptors (Lipinski definition) is 16. The minimum absolute atomic E-state index is 0.0525. The van der Waals surface area contributed by atoms with Crippen molar-refractivity contribution in [2.75, 3.05) is 74.6 Å². The van der Waals surface area contributed by atoms with E-state index in [1.807, 2.05) is 0 Å². The van der Waals surface area contributed by atoms with Crippen molar-refractivity contribution >= 4 is 29.4 Å². The standard InChI is InChI=1S/C15H20O6.C14H20N2O5.C10H12O5/c1-3-20-15(18)7-5-12(17)11-4-6-13(21-9-8-16)14(10-11)19-2;1-16(15)14(19)6-4-11(18)10-3-5-12(21-8-7-17)13(9-10)20-2;1-14-9-6-7(10(12)13)2-3-8(9)15-5-4-11/h4,6,10,16H,3,5,7-9H2,1-2H3;3,5,9,17H,4,6-8,15H2,1-2H3;2-3,6,11H,4-5H2,1H3,(H,12,13). The lowest BCUT2D eigenvalue weighted by atomic mass is 10.1. The molecular formula is C39H52N2O16. The van der Waals surface area contributed by atoms with Crippen LogP contribution in [-0.2, 0) is 14.3 Å². The average Bonchev–Trinajstić information content (AvgIpc) is 3.22. The largest absolute Gasteiger partial charge is 0.493 e. The maximum absolute atomic E-state index is 12.0. The molecule has 3 aromatic rings. The number of methoxy groups -OCH3 is 3. The van der Waals surface area contributed by atoms with Crippen molar-refractivity contribution in [2.45, 2.75) is 32.6 Å². The third-order valence-corrected chi connectivity index (χ3v) is 7.25. The lowest BCUT2D eigenvalue weighted by molar-refractivity contribution is -0.143. The van der Waals surface area contributed by atoms with E-state index in [0.29, 0.717) is 52.2 Å². The van der Waals surface area contributed by atoms with Crippen LogP contribution in [0.5, 0.6) is 34.5 Å². The first kappa shape index (κ1) is 49.1. The molecule has 314 valence electrons. The van der Waals surface area contributed by atoms with Gasteiger partial charge in [0.1, 0.15) is 19.8 Å². The molecule has 0 aliphatic rings. The molecule has 0 atom stereocenters. The number of rotatable bonds is 22. The minimum Gasteiger partial charge on any atom is -0.493 e. The van der Waals surface area contributed by atoms with Crippen LogP contribution < -0.4 is 34.3 Å². The van der Waals surface area contributed by atoms with Gasteiger partial charge in [-0.2, -0.15) is 0 Å². The number of carboxylic acids is 1. The van der Waals surface area contributed by atoms with Crippen LogP contribution in [0.2, 0.25) is 0 Å². The highest BCUT2D eigenvalue weighted by molar-refractivity contribution is 5.99. The fourth-order valence-corrected chi connectivity index (χ4v) is 4.44. The summed E-state index contributed by atoms with van der Waals surface area (Å²) < 4.78 is 35.7. The number of esters is 1. The van der Waals surface area contributed by atoms with Crippen LogP contribution in [-0.4, -0.2) is 129 Å². The Balaban J connectivity index is 0.000000434. The molecule has 0 aliphatic carbocycles. The molecule has 0 aromatic heterocycles. The Kier molecular flexibility index (Phi) is 23.8. The van der Waals surface area contributed by atoms with E-state index >= 15 is 0 Å². The fourth-order valence-electron chi connectivity index (χ4n) is 4.44. The molecule has 0 bridgehead atoms. The van der Waals surface area contributed by atoms with Crippen LogP contribution in [0.3, 0.4) is 0 Å². The predicted octanol–water partition coefficient (Wildman–Crippen LogP) is 2.72. The first-order valence-corrected chi connectivity index (χ1v) is 17.5. The molecule has 0 spiro atoms. The minimum atomic E-state index is -1.03. The van der Waals surface area contributed by atoms with Crippen molar-refractivity contribution in [2.24, 2.45) is 5.84 Å². The van der Waals surface area contributed by atoms with E-state index in [-0.39, 0.29) is 94.3 Å². The number of carbonyl (C=O) groups is 5. The number of aromatic carboxylic acids is 1. The lowest BCUT2D eigenvalue weighted by Gasteiger charge is -2.12. The van der Waals surface area contributed by atoms with E-state index < -0.39 is 5.97 Å². The molecular weight excluding hydrogens is 752 g/mol. The summed E-state index contributed by atoms with van der Waals surface area (Å²) in [4.78, 5) is 57.3. The summed E-state index contributed by atoms with van der Waals surface area (Å²) in [6.45, 7) is 2.12. The number of nitrogens with zero attached hydrogens (tertiary/aromatic N) is 1. The third-order valence-electron chi connectivity index (χ3n) is 7.25. The Morgan fingerprint density at radius 3 is 1.28 bits per heavy atom. The van der Waals surface area contributed by atoms with Gasteiger partial charge in [-0.25, -0.2) is 10.6 Å². The molecule has 0 aliphatic heterocycles. The second kappa shape index (κ2) is 27.6. The van der Waals surface area contributed by atoms with Crippen LogP contribution in [0.25, 0.3) is 0 Å². The number of Topliss-reactive ketones (excluding diaryl/α,β-unsaturated/α-hetero) is 2. The molecule has 18 heteroatoms. The number of aliphatic hydroxyl groups excluding tert-OH is 3. The molecule has 0 fully saturated rings. The number of nitrogens with two attached hydrogens (primary N) is 1. The summed E-state index contributed by atoms with van der Waals surface area (Å²) in [6.07, 6.45) is 0.258. The summed E-state index contributed by atoms with van der Waals surface area (Å²) in [5, 5.41) is 35.7. The quantitative estimate of drug-likeness (QED) is 0.0321. The number of hydrazine groups is 1. The first-order chi connectivity index (χ1) is 27.3. The van der Waals surface area contributed by atoms with E-state index in [2.05, 4.69) is 0 Å². The molecule has 0 radical (unpaired) electrons. The van der Waals surface area contributed by atoms with Crippen LogP contribution in [0.4, 0.5) is 0 Å². The number of ether oxygens (including phenoxy) is 7. The van der Waals surface area contributed by atoms with Gasteiger partial charge >= 0.3 is 11.9 Å². The highest BCUT2D eigenvalue weighted by atomic mass is 16.5. The normalized spacial score (nSPS) is 9.98. The summed E-state index contributed by atoms with van der Waals surface area (Å²) >= 11 is 0. The second-order valence-corrected chi connectivity index (χ2v) is 11.3. The molecule has 0 unspecified atom stereocenters. The van der Waals surface area contributed by atoms with E-state index in [9.17, 15) is 24.0 Å². The van der Waals surface area contributed by atoms with E-state index in [1.54, 1.807) is 43.3 Å².